The molecule has 1 saturated heterocycles. The molecule has 1 aliphatic heterocycles. The lowest BCUT2D eigenvalue weighted by Gasteiger charge is -2.39. The van der Waals surface area contributed by atoms with Gasteiger partial charge in [0.05, 0.1) is 13.2 Å². The van der Waals surface area contributed by atoms with Gasteiger partial charge in [0.1, 0.15) is 31.0 Å². The van der Waals surface area contributed by atoms with Crippen molar-refractivity contribution in [3.8, 4) is 0 Å². The molecule has 4 N–H and O–H groups in total. The SMILES string of the molecule is CC/C=C/C/C=C/C/C=C/C/C=C/C/C=C/C/C=C/CCC(=O)O[C@H](COC(=O)CCCCCCC/C=C/CCCCCC)CO[C@@H]1O[C@H](CO)[C@H](O)C(O)C1O. The zero-order chi connectivity index (χ0) is 41.6. The van der Waals surface area contributed by atoms with Gasteiger partial charge in [0, 0.05) is 12.8 Å². The maximum absolute atomic E-state index is 12.7. The van der Waals surface area contributed by atoms with Crippen LogP contribution < -0.4 is 0 Å². The summed E-state index contributed by atoms with van der Waals surface area (Å²) < 4.78 is 22.0. The van der Waals surface area contributed by atoms with Crippen LogP contribution in [-0.4, -0.2) is 89.0 Å². The Labute approximate surface area is 344 Å². The Hall–Kier alpha value is -3.12. The number of ether oxygens (including phenoxy) is 4. The number of rotatable bonds is 34. The molecule has 0 aromatic carbocycles. The van der Waals surface area contributed by atoms with Crippen LogP contribution in [0.4, 0.5) is 0 Å². The van der Waals surface area contributed by atoms with Crippen LogP contribution in [0.1, 0.15) is 142 Å². The fourth-order valence-corrected chi connectivity index (χ4v) is 5.85. The van der Waals surface area contributed by atoms with Gasteiger partial charge < -0.3 is 39.4 Å². The van der Waals surface area contributed by atoms with Gasteiger partial charge in [-0.2, -0.15) is 0 Å². The largest absolute Gasteiger partial charge is 0.462 e. The van der Waals surface area contributed by atoms with E-state index in [1.807, 2.05) is 12.2 Å². The first kappa shape index (κ1) is 51.9. The van der Waals surface area contributed by atoms with Crippen LogP contribution >= 0.6 is 0 Å². The first-order valence-electron chi connectivity index (χ1n) is 21.7. The molecule has 0 radical (unpaired) electrons. The molecule has 57 heavy (non-hydrogen) atoms. The average molecular weight is 801 g/mol. The lowest BCUT2D eigenvalue weighted by atomic mass is 9.99. The summed E-state index contributed by atoms with van der Waals surface area (Å²) in [6, 6.07) is 0. The molecule has 0 aliphatic carbocycles. The highest BCUT2D eigenvalue weighted by Gasteiger charge is 2.44. The molecule has 6 atom stereocenters. The molecule has 1 fully saturated rings. The van der Waals surface area contributed by atoms with Crippen molar-refractivity contribution in [3.05, 3.63) is 85.1 Å². The number of hydrogen-bond donors (Lipinski definition) is 4. The molecule has 1 rings (SSSR count). The molecule has 324 valence electrons. The Balaban J connectivity index is 2.43. The Morgan fingerprint density at radius 1 is 0.561 bits per heavy atom. The normalized spacial score (nSPS) is 21.1. The Morgan fingerprint density at radius 3 is 1.63 bits per heavy atom. The third-order valence-electron chi connectivity index (χ3n) is 9.28. The highest BCUT2D eigenvalue weighted by Crippen LogP contribution is 2.22. The van der Waals surface area contributed by atoms with Crippen molar-refractivity contribution in [2.24, 2.45) is 0 Å². The standard InChI is InChI=1S/C47H76O10/c1-3-5-7-9-11-13-15-17-18-19-20-21-22-24-26-28-30-32-34-36-43(50)56-40(39-55-47-46(53)45(52)44(51)41(37-48)57-47)38-54-42(49)35-33-31-29-27-25-23-16-14-12-10-8-6-4-2/h5,7,11,13-14,16-18,20-21,24,26,30,32,40-41,44-48,51-53H,3-4,6,8-10,12,15,19,22-23,25,27-29,31,33-39H2,1-2H3/b7-5+,13-11+,16-14+,18-17+,21-20+,26-24+,32-30+/t40-,41-,44+,45?,46?,47-/m1/s1. The zero-order valence-corrected chi connectivity index (χ0v) is 35.0. The van der Waals surface area contributed by atoms with Gasteiger partial charge in [-0.3, -0.25) is 9.59 Å². The lowest BCUT2D eigenvalue weighted by Crippen LogP contribution is -2.59. The van der Waals surface area contributed by atoms with E-state index in [2.05, 4.69) is 86.8 Å². The fourth-order valence-electron chi connectivity index (χ4n) is 5.85. The molecular formula is C47H76O10. The summed E-state index contributed by atoms with van der Waals surface area (Å²) in [5.41, 5.74) is 0. The number of hydrogen-bond acceptors (Lipinski definition) is 10. The maximum Gasteiger partial charge on any atom is 0.306 e. The lowest BCUT2D eigenvalue weighted by molar-refractivity contribution is -0.305. The van der Waals surface area contributed by atoms with Crippen molar-refractivity contribution < 1.29 is 49.0 Å². The van der Waals surface area contributed by atoms with Gasteiger partial charge in [0.25, 0.3) is 0 Å². The van der Waals surface area contributed by atoms with Crippen LogP contribution in [0.25, 0.3) is 0 Å². The van der Waals surface area contributed by atoms with Crippen LogP contribution in [-0.2, 0) is 28.5 Å². The van der Waals surface area contributed by atoms with E-state index in [4.69, 9.17) is 18.9 Å². The van der Waals surface area contributed by atoms with Crippen LogP contribution in [0.2, 0.25) is 0 Å². The molecule has 2 unspecified atom stereocenters. The number of carbonyl (C=O) groups excluding carboxylic acids is 2. The maximum atomic E-state index is 12.7. The second-order valence-electron chi connectivity index (χ2n) is 14.4. The molecule has 10 nitrogen and oxygen atoms in total. The van der Waals surface area contributed by atoms with Crippen LogP contribution in [0.5, 0.6) is 0 Å². The number of aliphatic hydroxyl groups is 4. The van der Waals surface area contributed by atoms with Gasteiger partial charge in [0.15, 0.2) is 12.4 Å². The quantitative estimate of drug-likeness (QED) is 0.0282. The number of allylic oxidation sites excluding steroid dienone is 14. The van der Waals surface area contributed by atoms with Crippen molar-refractivity contribution >= 4 is 11.9 Å². The van der Waals surface area contributed by atoms with Crippen LogP contribution in [0, 0.1) is 0 Å². The van der Waals surface area contributed by atoms with Gasteiger partial charge in [-0.25, -0.2) is 0 Å². The summed E-state index contributed by atoms with van der Waals surface area (Å²) in [5, 5.41) is 40.0. The van der Waals surface area contributed by atoms with Crippen molar-refractivity contribution in [2.75, 3.05) is 19.8 Å². The van der Waals surface area contributed by atoms with Crippen molar-refractivity contribution in [2.45, 2.75) is 179 Å². The first-order valence-corrected chi connectivity index (χ1v) is 21.7. The Kier molecular flexibility index (Phi) is 33.8. The van der Waals surface area contributed by atoms with E-state index in [-0.39, 0.29) is 26.1 Å². The molecular weight excluding hydrogens is 725 g/mol. The molecule has 0 bridgehead atoms. The van der Waals surface area contributed by atoms with Crippen molar-refractivity contribution in [3.63, 3.8) is 0 Å². The van der Waals surface area contributed by atoms with E-state index in [1.54, 1.807) is 0 Å². The van der Waals surface area contributed by atoms with Gasteiger partial charge in [-0.15, -0.1) is 0 Å². The minimum atomic E-state index is -1.61. The minimum Gasteiger partial charge on any atom is -0.462 e. The predicted molar refractivity (Wildman–Crippen MR) is 228 cm³/mol. The highest BCUT2D eigenvalue weighted by molar-refractivity contribution is 5.70. The van der Waals surface area contributed by atoms with E-state index in [0.29, 0.717) is 12.8 Å². The monoisotopic (exact) mass is 801 g/mol. The second kappa shape index (κ2) is 37.2. The third-order valence-corrected chi connectivity index (χ3v) is 9.28. The number of esters is 2. The van der Waals surface area contributed by atoms with Crippen molar-refractivity contribution in [1.82, 2.24) is 0 Å². The van der Waals surface area contributed by atoms with E-state index in [9.17, 15) is 30.0 Å². The highest BCUT2D eigenvalue weighted by atomic mass is 16.7. The van der Waals surface area contributed by atoms with Gasteiger partial charge in [0.2, 0.25) is 0 Å². The van der Waals surface area contributed by atoms with Crippen LogP contribution in [0.3, 0.4) is 0 Å². The smallest absolute Gasteiger partial charge is 0.306 e. The Bertz CT molecular complexity index is 1200. The van der Waals surface area contributed by atoms with E-state index in [0.717, 1.165) is 77.0 Å². The van der Waals surface area contributed by atoms with E-state index >= 15 is 0 Å². The summed E-state index contributed by atoms with van der Waals surface area (Å²) in [7, 11) is 0. The number of unbranched alkanes of at least 4 members (excludes halogenated alkanes) is 9. The minimum absolute atomic E-state index is 0.0986. The summed E-state index contributed by atoms with van der Waals surface area (Å²) in [4.78, 5) is 25.2. The van der Waals surface area contributed by atoms with Gasteiger partial charge in [-0.05, 0) is 77.0 Å². The average Bonchev–Trinajstić information content (AvgIpc) is 3.21. The summed E-state index contributed by atoms with van der Waals surface area (Å²) in [5.74, 6) is -0.924. The topological polar surface area (TPSA) is 152 Å². The zero-order valence-electron chi connectivity index (χ0n) is 35.0. The second-order valence-corrected chi connectivity index (χ2v) is 14.4. The molecule has 1 heterocycles. The van der Waals surface area contributed by atoms with Gasteiger partial charge in [-0.1, -0.05) is 137 Å². The van der Waals surface area contributed by atoms with E-state index in [1.165, 1.54) is 25.7 Å². The molecule has 0 spiro atoms. The summed E-state index contributed by atoms with van der Waals surface area (Å²) >= 11 is 0. The summed E-state index contributed by atoms with van der Waals surface area (Å²) in [6.07, 6.45) is 40.3. The Morgan fingerprint density at radius 2 is 1.07 bits per heavy atom. The predicted octanol–water partition coefficient (Wildman–Crippen LogP) is 8.99. The molecule has 1 aliphatic rings. The van der Waals surface area contributed by atoms with E-state index < -0.39 is 55.4 Å². The van der Waals surface area contributed by atoms with Crippen LogP contribution in [0.15, 0.2) is 85.1 Å². The number of aliphatic hydroxyl groups excluding tert-OH is 4. The number of carbonyl (C=O) groups is 2. The first-order chi connectivity index (χ1) is 27.8. The molecule has 0 aromatic rings. The summed E-state index contributed by atoms with van der Waals surface area (Å²) in [6.45, 7) is 3.18. The fraction of sp³-hybridized carbons (Fsp3) is 0.660. The molecule has 0 amide bonds. The molecule has 0 saturated carbocycles. The molecule has 0 aromatic heterocycles. The van der Waals surface area contributed by atoms with Crippen molar-refractivity contribution in [1.29, 1.82) is 0 Å². The third kappa shape index (κ3) is 28.9. The van der Waals surface area contributed by atoms with Gasteiger partial charge >= 0.3 is 11.9 Å². The molecule has 10 heteroatoms.